The first-order valence-electron chi connectivity index (χ1n) is 15.4. The number of hydrogen-bond donors (Lipinski definition) is 2. The summed E-state index contributed by atoms with van der Waals surface area (Å²) in [7, 11) is 0. The van der Waals surface area contributed by atoms with Gasteiger partial charge in [0.25, 0.3) is 0 Å². The SMILES string of the molecule is C/C=C(/C)c1ccccc1CCC.C=C/C=C\C=C(/C)Cc1c(CC)nc(CC(C)(C)N)n1Cc1ccc(F)cc1.NC=O. The van der Waals surface area contributed by atoms with Crippen LogP contribution in [-0.4, -0.2) is 21.5 Å². The molecule has 44 heavy (non-hydrogen) atoms. The van der Waals surface area contributed by atoms with Crippen LogP contribution in [0.4, 0.5) is 4.39 Å². The normalized spacial score (nSPS) is 11.8. The van der Waals surface area contributed by atoms with Crippen molar-refractivity contribution in [3.8, 4) is 0 Å². The van der Waals surface area contributed by atoms with Crippen LogP contribution < -0.4 is 11.5 Å². The van der Waals surface area contributed by atoms with E-state index in [2.05, 4.69) is 87.9 Å². The molecule has 0 saturated carbocycles. The van der Waals surface area contributed by atoms with Gasteiger partial charge >= 0.3 is 0 Å². The molecule has 3 rings (SSSR count). The number of nitrogens with zero attached hydrogens (tertiary/aromatic N) is 2. The second-order valence-corrected chi connectivity index (χ2v) is 11.5. The fourth-order valence-corrected chi connectivity index (χ4v) is 4.74. The van der Waals surface area contributed by atoms with Crippen LogP contribution in [0, 0.1) is 5.82 Å². The molecule has 2 aromatic carbocycles. The molecule has 0 aliphatic carbocycles. The summed E-state index contributed by atoms with van der Waals surface area (Å²) in [5.41, 5.74) is 19.0. The summed E-state index contributed by atoms with van der Waals surface area (Å²) in [6.07, 6.45) is 15.0. The standard InChI is InChI=1S/C24H32FN3.C13H18.CH3NO/c1-6-8-9-10-18(3)15-22-21(7-2)27-23(16-24(4,5)26)28(22)17-19-11-13-20(25)14-12-19;1-4-8-12-9-6-7-10-13(12)11(3)5-2;2-1-3/h6,8-14H,1,7,15-17,26H2,2-5H3;5-7,9-10H,4,8H2,1-3H3;1H,(H2,2,3)/b9-8-,18-10+;11-5-;. The Kier molecular flexibility index (Phi) is 17.3. The van der Waals surface area contributed by atoms with Gasteiger partial charge in [-0.3, -0.25) is 4.79 Å². The van der Waals surface area contributed by atoms with E-state index in [0.717, 1.165) is 29.9 Å². The Morgan fingerprint density at radius 1 is 1.07 bits per heavy atom. The molecule has 0 saturated heterocycles. The average Bonchev–Trinajstić information content (AvgIpc) is 3.28. The largest absolute Gasteiger partial charge is 0.372 e. The topological polar surface area (TPSA) is 86.9 Å². The molecule has 238 valence electrons. The molecule has 5 nitrogen and oxygen atoms in total. The number of aromatic nitrogens is 2. The van der Waals surface area contributed by atoms with Crippen molar-refractivity contribution in [3.63, 3.8) is 0 Å². The van der Waals surface area contributed by atoms with Gasteiger partial charge < -0.3 is 16.0 Å². The number of imidazole rings is 1. The summed E-state index contributed by atoms with van der Waals surface area (Å²) in [6.45, 7) is 19.1. The number of primary amides is 1. The van der Waals surface area contributed by atoms with Crippen LogP contribution in [0.1, 0.15) is 88.8 Å². The first-order valence-corrected chi connectivity index (χ1v) is 15.4. The molecule has 0 atom stereocenters. The highest BCUT2D eigenvalue weighted by atomic mass is 19.1. The molecule has 4 N–H and O–H groups in total. The lowest BCUT2D eigenvalue weighted by Gasteiger charge is -2.20. The van der Waals surface area contributed by atoms with Gasteiger partial charge in [-0.05, 0) is 81.9 Å². The van der Waals surface area contributed by atoms with Crippen LogP contribution in [-0.2, 0) is 37.0 Å². The third-order valence-electron chi connectivity index (χ3n) is 6.91. The number of rotatable bonds is 12. The zero-order valence-corrected chi connectivity index (χ0v) is 27.9. The quantitative estimate of drug-likeness (QED) is 0.162. The summed E-state index contributed by atoms with van der Waals surface area (Å²) < 4.78 is 15.6. The van der Waals surface area contributed by atoms with Crippen LogP contribution in [0.2, 0.25) is 0 Å². The van der Waals surface area contributed by atoms with Crippen molar-refractivity contribution in [1.82, 2.24) is 9.55 Å². The summed E-state index contributed by atoms with van der Waals surface area (Å²) in [4.78, 5) is 13.5. The van der Waals surface area contributed by atoms with E-state index in [9.17, 15) is 4.39 Å². The van der Waals surface area contributed by atoms with Crippen LogP contribution in [0.15, 0.2) is 91.1 Å². The monoisotopic (exact) mass is 600 g/mol. The Hall–Kier alpha value is -4.03. The summed E-state index contributed by atoms with van der Waals surface area (Å²) in [6, 6.07) is 15.3. The summed E-state index contributed by atoms with van der Waals surface area (Å²) in [5, 5.41) is 0. The van der Waals surface area contributed by atoms with Crippen molar-refractivity contribution < 1.29 is 9.18 Å². The van der Waals surface area contributed by atoms with Crippen molar-refractivity contribution in [2.45, 2.75) is 92.7 Å². The maximum atomic E-state index is 13.3. The number of allylic oxidation sites excluding steroid dienone is 7. The van der Waals surface area contributed by atoms with E-state index >= 15 is 0 Å². The number of halogens is 1. The van der Waals surface area contributed by atoms with Crippen LogP contribution in [0.3, 0.4) is 0 Å². The van der Waals surface area contributed by atoms with E-state index in [4.69, 9.17) is 15.5 Å². The van der Waals surface area contributed by atoms with E-state index in [-0.39, 0.29) is 17.8 Å². The predicted octanol–water partition coefficient (Wildman–Crippen LogP) is 8.31. The number of nitrogens with two attached hydrogens (primary N) is 2. The van der Waals surface area contributed by atoms with E-state index in [0.29, 0.717) is 13.0 Å². The lowest BCUT2D eigenvalue weighted by Crippen LogP contribution is -2.35. The first kappa shape index (κ1) is 38.0. The summed E-state index contributed by atoms with van der Waals surface area (Å²) in [5.74, 6) is 0.762. The molecule has 0 aliphatic heterocycles. The highest BCUT2D eigenvalue weighted by molar-refractivity contribution is 5.66. The second kappa shape index (κ2) is 20.0. The van der Waals surface area contributed by atoms with Gasteiger partial charge in [0.15, 0.2) is 0 Å². The lowest BCUT2D eigenvalue weighted by molar-refractivity contribution is -0.106. The minimum Gasteiger partial charge on any atom is -0.372 e. The Morgan fingerprint density at radius 2 is 1.70 bits per heavy atom. The number of hydrogen-bond acceptors (Lipinski definition) is 3. The number of aryl methyl sites for hydroxylation is 2. The van der Waals surface area contributed by atoms with E-state index in [1.54, 1.807) is 6.08 Å². The predicted molar refractivity (Wildman–Crippen MR) is 186 cm³/mol. The number of carbonyl (C=O) groups is 1. The second-order valence-electron chi connectivity index (χ2n) is 11.5. The first-order chi connectivity index (χ1) is 20.9. The lowest BCUT2D eigenvalue weighted by atomic mass is 9.98. The van der Waals surface area contributed by atoms with Crippen molar-refractivity contribution >= 4 is 12.0 Å². The fourth-order valence-electron chi connectivity index (χ4n) is 4.74. The molecule has 1 amide bonds. The molecule has 0 fully saturated rings. The molecule has 1 heterocycles. The number of amides is 1. The van der Waals surface area contributed by atoms with Gasteiger partial charge in [0.1, 0.15) is 11.6 Å². The van der Waals surface area contributed by atoms with Crippen molar-refractivity contribution in [2.24, 2.45) is 11.5 Å². The van der Waals surface area contributed by atoms with Crippen molar-refractivity contribution in [3.05, 3.63) is 131 Å². The smallest absolute Gasteiger partial charge is 0.204 e. The minimum atomic E-state index is -0.355. The molecular formula is C38H53FN4O. The number of benzene rings is 2. The van der Waals surface area contributed by atoms with Gasteiger partial charge in [-0.25, -0.2) is 9.37 Å². The zero-order valence-electron chi connectivity index (χ0n) is 27.9. The Labute approximate surface area is 265 Å². The van der Waals surface area contributed by atoms with Gasteiger partial charge in [-0.2, -0.15) is 0 Å². The van der Waals surface area contributed by atoms with Gasteiger partial charge in [-0.1, -0.05) is 99.2 Å². The summed E-state index contributed by atoms with van der Waals surface area (Å²) >= 11 is 0. The average molecular weight is 601 g/mol. The Morgan fingerprint density at radius 3 is 2.25 bits per heavy atom. The van der Waals surface area contributed by atoms with E-state index in [1.807, 2.05) is 38.1 Å². The fraction of sp³-hybridized carbons (Fsp3) is 0.368. The third-order valence-corrected chi connectivity index (χ3v) is 6.91. The van der Waals surface area contributed by atoms with Crippen LogP contribution >= 0.6 is 0 Å². The maximum Gasteiger partial charge on any atom is 0.204 e. The van der Waals surface area contributed by atoms with E-state index in [1.165, 1.54) is 52.9 Å². The Bertz CT molecular complexity index is 1390. The van der Waals surface area contributed by atoms with Gasteiger partial charge in [0.2, 0.25) is 6.41 Å². The molecular weight excluding hydrogens is 547 g/mol. The maximum absolute atomic E-state index is 13.3. The highest BCUT2D eigenvalue weighted by Crippen LogP contribution is 2.22. The van der Waals surface area contributed by atoms with Gasteiger partial charge in [-0.15, -0.1) is 0 Å². The molecule has 3 aromatic rings. The molecule has 0 unspecified atom stereocenters. The molecule has 0 spiro atoms. The molecule has 0 bridgehead atoms. The number of carbonyl (C=O) groups excluding carboxylic acids is 1. The van der Waals surface area contributed by atoms with Crippen LogP contribution in [0.5, 0.6) is 0 Å². The zero-order chi connectivity index (χ0) is 33.1. The highest BCUT2D eigenvalue weighted by Gasteiger charge is 2.21. The molecule has 6 heteroatoms. The van der Waals surface area contributed by atoms with Crippen LogP contribution in [0.25, 0.3) is 5.57 Å². The molecule has 1 aromatic heterocycles. The van der Waals surface area contributed by atoms with Crippen molar-refractivity contribution in [2.75, 3.05) is 0 Å². The third kappa shape index (κ3) is 13.5. The molecule has 0 radical (unpaired) electrons. The minimum absolute atomic E-state index is 0.222. The van der Waals surface area contributed by atoms with E-state index < -0.39 is 0 Å². The van der Waals surface area contributed by atoms with Gasteiger partial charge in [0.05, 0.1) is 5.69 Å². The van der Waals surface area contributed by atoms with Crippen molar-refractivity contribution in [1.29, 1.82) is 0 Å². The molecule has 0 aliphatic rings. The van der Waals surface area contributed by atoms with Gasteiger partial charge in [0, 0.05) is 30.6 Å². The Balaban J connectivity index is 0.000000502.